The summed E-state index contributed by atoms with van der Waals surface area (Å²) in [5.41, 5.74) is 3.44. The van der Waals surface area contributed by atoms with Gasteiger partial charge in [0.15, 0.2) is 0 Å². The Balaban J connectivity index is 1.65. The van der Waals surface area contributed by atoms with Crippen LogP contribution >= 0.6 is 0 Å². The maximum Gasteiger partial charge on any atom is 0.0914 e. The van der Waals surface area contributed by atoms with Crippen LogP contribution in [-0.4, -0.2) is 18.3 Å². The SMILES string of the molecule is OC(CNC1COCc2ccccc21)c1ccccc1. The normalized spacial score (nSPS) is 19.4. The van der Waals surface area contributed by atoms with Gasteiger partial charge in [0.2, 0.25) is 0 Å². The highest BCUT2D eigenvalue weighted by molar-refractivity contribution is 5.31. The van der Waals surface area contributed by atoms with Crippen LogP contribution in [-0.2, 0) is 11.3 Å². The summed E-state index contributed by atoms with van der Waals surface area (Å²) >= 11 is 0. The number of benzene rings is 2. The second-order valence-electron chi connectivity index (χ2n) is 5.10. The third-order valence-electron chi connectivity index (χ3n) is 3.71. The van der Waals surface area contributed by atoms with E-state index in [4.69, 9.17) is 4.74 Å². The summed E-state index contributed by atoms with van der Waals surface area (Å²) in [5, 5.41) is 13.6. The molecule has 0 spiro atoms. The fourth-order valence-corrected chi connectivity index (χ4v) is 2.60. The first-order chi connectivity index (χ1) is 9.84. The second kappa shape index (κ2) is 6.18. The lowest BCUT2D eigenvalue weighted by atomic mass is 9.98. The molecule has 2 aromatic rings. The molecule has 3 nitrogen and oxygen atoms in total. The van der Waals surface area contributed by atoms with Gasteiger partial charge in [-0.25, -0.2) is 0 Å². The highest BCUT2D eigenvalue weighted by atomic mass is 16.5. The molecule has 0 aromatic heterocycles. The maximum atomic E-state index is 10.2. The van der Waals surface area contributed by atoms with E-state index in [9.17, 15) is 5.11 Å². The van der Waals surface area contributed by atoms with E-state index >= 15 is 0 Å². The molecular formula is C17H19NO2. The molecular weight excluding hydrogens is 250 g/mol. The standard InChI is InChI=1S/C17H19NO2/c19-17(13-6-2-1-3-7-13)10-18-16-12-20-11-14-8-4-5-9-15(14)16/h1-9,16-19H,10-12H2. The third-order valence-corrected chi connectivity index (χ3v) is 3.71. The van der Waals surface area contributed by atoms with Crippen molar-refractivity contribution in [3.8, 4) is 0 Å². The predicted octanol–water partition coefficient (Wildman–Crippen LogP) is 2.58. The Hall–Kier alpha value is -1.68. The molecule has 1 aliphatic heterocycles. The van der Waals surface area contributed by atoms with E-state index in [1.165, 1.54) is 11.1 Å². The molecule has 0 aliphatic carbocycles. The average Bonchev–Trinajstić information content (AvgIpc) is 2.53. The Morgan fingerprint density at radius 2 is 1.85 bits per heavy atom. The minimum absolute atomic E-state index is 0.151. The Morgan fingerprint density at radius 1 is 1.10 bits per heavy atom. The highest BCUT2D eigenvalue weighted by Crippen LogP contribution is 2.24. The van der Waals surface area contributed by atoms with Gasteiger partial charge in [0, 0.05) is 6.54 Å². The Morgan fingerprint density at radius 3 is 2.70 bits per heavy atom. The highest BCUT2D eigenvalue weighted by Gasteiger charge is 2.20. The molecule has 20 heavy (non-hydrogen) atoms. The summed E-state index contributed by atoms with van der Waals surface area (Å²) in [4.78, 5) is 0. The van der Waals surface area contributed by atoms with Gasteiger partial charge >= 0.3 is 0 Å². The lowest BCUT2D eigenvalue weighted by molar-refractivity contribution is 0.0754. The van der Waals surface area contributed by atoms with Crippen LogP contribution in [0.1, 0.15) is 28.8 Å². The quantitative estimate of drug-likeness (QED) is 0.896. The molecule has 0 bridgehead atoms. The summed E-state index contributed by atoms with van der Waals surface area (Å²) < 4.78 is 5.60. The van der Waals surface area contributed by atoms with Crippen molar-refractivity contribution < 1.29 is 9.84 Å². The summed E-state index contributed by atoms with van der Waals surface area (Å²) in [6, 6.07) is 18.2. The van der Waals surface area contributed by atoms with Crippen molar-refractivity contribution in [3.05, 3.63) is 71.3 Å². The number of aliphatic hydroxyl groups excluding tert-OH is 1. The van der Waals surface area contributed by atoms with Gasteiger partial charge in [-0.15, -0.1) is 0 Å². The first-order valence-corrected chi connectivity index (χ1v) is 6.96. The Labute approximate surface area is 119 Å². The van der Waals surface area contributed by atoms with Crippen molar-refractivity contribution in [1.82, 2.24) is 5.32 Å². The van der Waals surface area contributed by atoms with E-state index in [0.717, 1.165) is 5.56 Å². The van der Waals surface area contributed by atoms with E-state index in [1.807, 2.05) is 42.5 Å². The van der Waals surface area contributed by atoms with E-state index in [-0.39, 0.29) is 6.04 Å². The van der Waals surface area contributed by atoms with E-state index < -0.39 is 6.10 Å². The van der Waals surface area contributed by atoms with Gasteiger partial charge in [-0.3, -0.25) is 0 Å². The first-order valence-electron chi connectivity index (χ1n) is 6.96. The number of rotatable bonds is 4. The van der Waals surface area contributed by atoms with Crippen LogP contribution in [0.15, 0.2) is 54.6 Å². The second-order valence-corrected chi connectivity index (χ2v) is 5.10. The van der Waals surface area contributed by atoms with Crippen molar-refractivity contribution in [3.63, 3.8) is 0 Å². The first kappa shape index (κ1) is 13.3. The van der Waals surface area contributed by atoms with Crippen LogP contribution in [0.2, 0.25) is 0 Å². The number of fused-ring (bicyclic) bond motifs is 1. The molecule has 1 heterocycles. The molecule has 3 rings (SSSR count). The Bertz CT molecular complexity index is 556. The summed E-state index contributed by atoms with van der Waals surface area (Å²) in [5.74, 6) is 0. The largest absolute Gasteiger partial charge is 0.387 e. The minimum Gasteiger partial charge on any atom is -0.387 e. The van der Waals surface area contributed by atoms with Crippen molar-refractivity contribution in [2.24, 2.45) is 0 Å². The van der Waals surface area contributed by atoms with Crippen LogP contribution in [0.5, 0.6) is 0 Å². The molecule has 2 atom stereocenters. The third kappa shape index (κ3) is 2.90. The van der Waals surface area contributed by atoms with Gasteiger partial charge in [0.1, 0.15) is 0 Å². The number of hydrogen-bond donors (Lipinski definition) is 2. The lowest BCUT2D eigenvalue weighted by Crippen LogP contribution is -2.32. The molecule has 0 saturated carbocycles. The lowest BCUT2D eigenvalue weighted by Gasteiger charge is -2.27. The van der Waals surface area contributed by atoms with Crippen molar-refractivity contribution in [2.45, 2.75) is 18.8 Å². The van der Waals surface area contributed by atoms with Gasteiger partial charge < -0.3 is 15.2 Å². The van der Waals surface area contributed by atoms with Crippen molar-refractivity contribution >= 4 is 0 Å². The minimum atomic E-state index is -0.495. The van der Waals surface area contributed by atoms with Gasteiger partial charge in [0.05, 0.1) is 25.4 Å². The van der Waals surface area contributed by atoms with Crippen molar-refractivity contribution in [2.75, 3.05) is 13.2 Å². The zero-order valence-electron chi connectivity index (χ0n) is 11.3. The summed E-state index contributed by atoms with van der Waals surface area (Å²) in [6.07, 6.45) is -0.495. The van der Waals surface area contributed by atoms with Gasteiger partial charge in [-0.2, -0.15) is 0 Å². The monoisotopic (exact) mass is 269 g/mol. The molecule has 2 unspecified atom stereocenters. The van der Waals surface area contributed by atoms with Crippen molar-refractivity contribution in [1.29, 1.82) is 0 Å². The molecule has 1 aliphatic rings. The van der Waals surface area contributed by atoms with Crippen LogP contribution < -0.4 is 5.32 Å². The van der Waals surface area contributed by atoms with Crippen LogP contribution in [0, 0.1) is 0 Å². The summed E-state index contributed by atoms with van der Waals surface area (Å²) in [7, 11) is 0. The molecule has 2 aromatic carbocycles. The Kier molecular flexibility index (Phi) is 4.11. The van der Waals surface area contributed by atoms with Crippen LogP contribution in [0.25, 0.3) is 0 Å². The van der Waals surface area contributed by atoms with Gasteiger partial charge in [-0.1, -0.05) is 54.6 Å². The van der Waals surface area contributed by atoms with E-state index in [2.05, 4.69) is 17.4 Å². The van der Waals surface area contributed by atoms with Crippen LogP contribution in [0.4, 0.5) is 0 Å². The fraction of sp³-hybridized carbons (Fsp3) is 0.294. The smallest absolute Gasteiger partial charge is 0.0914 e. The topological polar surface area (TPSA) is 41.5 Å². The number of hydrogen-bond acceptors (Lipinski definition) is 3. The molecule has 0 amide bonds. The number of ether oxygens (including phenoxy) is 1. The molecule has 0 fully saturated rings. The van der Waals surface area contributed by atoms with Gasteiger partial charge in [0.25, 0.3) is 0 Å². The fourth-order valence-electron chi connectivity index (χ4n) is 2.60. The zero-order chi connectivity index (χ0) is 13.8. The average molecular weight is 269 g/mol. The number of nitrogens with one attached hydrogen (secondary N) is 1. The molecule has 104 valence electrons. The maximum absolute atomic E-state index is 10.2. The van der Waals surface area contributed by atoms with Crippen LogP contribution in [0.3, 0.4) is 0 Å². The molecule has 2 N–H and O–H groups in total. The molecule has 0 radical (unpaired) electrons. The predicted molar refractivity (Wildman–Crippen MR) is 78.2 cm³/mol. The van der Waals surface area contributed by atoms with Gasteiger partial charge in [-0.05, 0) is 16.7 Å². The molecule has 0 saturated heterocycles. The summed E-state index contributed by atoms with van der Waals surface area (Å²) in [6.45, 7) is 1.85. The van der Waals surface area contributed by atoms with E-state index in [0.29, 0.717) is 19.8 Å². The van der Waals surface area contributed by atoms with E-state index in [1.54, 1.807) is 0 Å². The zero-order valence-corrected chi connectivity index (χ0v) is 11.3. The number of aliphatic hydroxyl groups is 1. The molecule has 3 heteroatoms.